The number of alkyl halides is 3. The maximum absolute atomic E-state index is 13.3. The Hall–Kier alpha value is -3.42. The minimum atomic E-state index is -5.08. The molecule has 37 heavy (non-hydrogen) atoms. The Morgan fingerprint density at radius 1 is 1.08 bits per heavy atom. The molecule has 2 N–H and O–H groups in total. The fourth-order valence-corrected chi connectivity index (χ4v) is 3.40. The number of ether oxygens (including phenoxy) is 1. The van der Waals surface area contributed by atoms with Crippen LogP contribution in [0.25, 0.3) is 22.3 Å². The largest absolute Gasteiger partial charge is 0.490 e. The van der Waals surface area contributed by atoms with Crippen LogP contribution >= 0.6 is 0 Å². The molecule has 1 fully saturated rings. The Morgan fingerprint density at radius 2 is 1.73 bits per heavy atom. The van der Waals surface area contributed by atoms with Gasteiger partial charge < -0.3 is 25.0 Å². The summed E-state index contributed by atoms with van der Waals surface area (Å²) in [6.45, 7) is 5.28. The Balaban J connectivity index is 0.000000479. The lowest BCUT2D eigenvalue weighted by Crippen LogP contribution is -2.37. The smallest absolute Gasteiger partial charge is 0.475 e. The number of benzene rings is 1. The number of fused-ring (bicyclic) bond motifs is 1. The standard InChI is InChI=1S/C22H27FN6O.C2HF3O2/c1-28(2)10-9-24-15-20-25-19-8-7-18(16-3-5-17(23)6-4-16)26-21(19)22(27-20)29-11-13-30-14-12-29;3-2(4,5)1(6)7/h3-8,24H,9-15H2,1-2H3;(H,6,7). The maximum atomic E-state index is 13.3. The lowest BCUT2D eigenvalue weighted by Gasteiger charge is -2.28. The van der Waals surface area contributed by atoms with Crippen LogP contribution in [-0.4, -0.2) is 90.6 Å². The highest BCUT2D eigenvalue weighted by Crippen LogP contribution is 2.27. The minimum Gasteiger partial charge on any atom is -0.475 e. The summed E-state index contributed by atoms with van der Waals surface area (Å²) in [5.41, 5.74) is 3.20. The zero-order valence-electron chi connectivity index (χ0n) is 20.4. The third-order valence-electron chi connectivity index (χ3n) is 5.28. The van der Waals surface area contributed by atoms with Gasteiger partial charge in [-0.2, -0.15) is 13.2 Å². The highest BCUT2D eigenvalue weighted by Gasteiger charge is 2.38. The van der Waals surface area contributed by atoms with E-state index in [9.17, 15) is 17.6 Å². The second-order valence-corrected chi connectivity index (χ2v) is 8.42. The molecule has 1 aliphatic heterocycles. The van der Waals surface area contributed by atoms with E-state index in [1.54, 1.807) is 12.1 Å². The van der Waals surface area contributed by atoms with Crippen molar-refractivity contribution in [2.45, 2.75) is 12.7 Å². The van der Waals surface area contributed by atoms with Gasteiger partial charge in [0.2, 0.25) is 0 Å². The van der Waals surface area contributed by atoms with Crippen molar-refractivity contribution in [3.05, 3.63) is 48.0 Å². The summed E-state index contributed by atoms with van der Waals surface area (Å²) in [7, 11) is 4.10. The number of likely N-dealkylation sites (N-methyl/N-ethyl adjacent to an activating group) is 1. The molecule has 0 radical (unpaired) electrons. The molecule has 0 amide bonds. The molecule has 0 aliphatic carbocycles. The van der Waals surface area contributed by atoms with Crippen molar-refractivity contribution in [1.29, 1.82) is 0 Å². The van der Waals surface area contributed by atoms with Crippen molar-refractivity contribution in [3.8, 4) is 11.3 Å². The van der Waals surface area contributed by atoms with Crippen molar-refractivity contribution >= 4 is 22.8 Å². The average molecular weight is 525 g/mol. The fraction of sp³-hybridized carbons (Fsp3) is 0.417. The molecule has 2 aromatic heterocycles. The van der Waals surface area contributed by atoms with Crippen molar-refractivity contribution in [3.63, 3.8) is 0 Å². The lowest BCUT2D eigenvalue weighted by molar-refractivity contribution is -0.192. The Morgan fingerprint density at radius 3 is 2.32 bits per heavy atom. The van der Waals surface area contributed by atoms with Gasteiger partial charge in [0, 0.05) is 31.7 Å². The van der Waals surface area contributed by atoms with Crippen LogP contribution in [0.4, 0.5) is 23.4 Å². The van der Waals surface area contributed by atoms with E-state index in [1.807, 2.05) is 12.1 Å². The summed E-state index contributed by atoms with van der Waals surface area (Å²) in [6.07, 6.45) is -5.08. The van der Waals surface area contributed by atoms with E-state index in [2.05, 4.69) is 29.2 Å². The molecule has 200 valence electrons. The molecular weight excluding hydrogens is 496 g/mol. The number of nitrogens with one attached hydrogen (secondary N) is 1. The first kappa shape index (κ1) is 28.2. The van der Waals surface area contributed by atoms with Gasteiger partial charge in [-0.15, -0.1) is 0 Å². The molecular formula is C24H28F4N6O3. The fourth-order valence-electron chi connectivity index (χ4n) is 3.40. The number of carboxylic acid groups (broad SMARTS) is 1. The second-order valence-electron chi connectivity index (χ2n) is 8.42. The molecule has 0 spiro atoms. The topological polar surface area (TPSA) is 104 Å². The number of carbonyl (C=O) groups is 1. The van der Waals surface area contributed by atoms with E-state index >= 15 is 0 Å². The number of hydrogen-bond acceptors (Lipinski definition) is 8. The highest BCUT2D eigenvalue weighted by atomic mass is 19.4. The van der Waals surface area contributed by atoms with E-state index in [4.69, 9.17) is 29.6 Å². The number of anilines is 1. The third-order valence-corrected chi connectivity index (χ3v) is 5.28. The van der Waals surface area contributed by atoms with E-state index in [1.165, 1.54) is 12.1 Å². The Labute approximate surface area is 211 Å². The van der Waals surface area contributed by atoms with Gasteiger partial charge in [0.25, 0.3) is 0 Å². The first-order valence-electron chi connectivity index (χ1n) is 11.5. The molecule has 3 aromatic rings. The van der Waals surface area contributed by atoms with Crippen LogP contribution in [0.2, 0.25) is 0 Å². The zero-order valence-corrected chi connectivity index (χ0v) is 20.4. The van der Waals surface area contributed by atoms with Crippen molar-refractivity contribution in [1.82, 2.24) is 25.2 Å². The van der Waals surface area contributed by atoms with Gasteiger partial charge in [0.15, 0.2) is 5.82 Å². The molecule has 4 rings (SSSR count). The van der Waals surface area contributed by atoms with Crippen LogP contribution in [-0.2, 0) is 16.1 Å². The van der Waals surface area contributed by atoms with Gasteiger partial charge in [-0.3, -0.25) is 0 Å². The molecule has 9 nitrogen and oxygen atoms in total. The van der Waals surface area contributed by atoms with Gasteiger partial charge in [-0.25, -0.2) is 24.1 Å². The number of nitrogens with zero attached hydrogens (tertiary/aromatic N) is 5. The van der Waals surface area contributed by atoms with Crippen molar-refractivity contribution in [2.75, 3.05) is 58.4 Å². The monoisotopic (exact) mass is 524 g/mol. The number of pyridine rings is 1. The highest BCUT2D eigenvalue weighted by molar-refractivity contribution is 5.87. The quantitative estimate of drug-likeness (QED) is 0.357. The third kappa shape index (κ3) is 8.30. The lowest BCUT2D eigenvalue weighted by atomic mass is 10.1. The molecule has 1 aliphatic rings. The summed E-state index contributed by atoms with van der Waals surface area (Å²) in [6, 6.07) is 10.3. The van der Waals surface area contributed by atoms with Crippen LogP contribution in [0.5, 0.6) is 0 Å². The minimum absolute atomic E-state index is 0.261. The van der Waals surface area contributed by atoms with E-state index < -0.39 is 12.1 Å². The number of aliphatic carboxylic acids is 1. The Bertz CT molecular complexity index is 1190. The van der Waals surface area contributed by atoms with Crippen LogP contribution in [0.15, 0.2) is 36.4 Å². The predicted molar refractivity (Wildman–Crippen MR) is 130 cm³/mol. The molecule has 1 aromatic carbocycles. The number of morpholine rings is 1. The summed E-state index contributed by atoms with van der Waals surface area (Å²) >= 11 is 0. The van der Waals surface area contributed by atoms with Gasteiger partial charge >= 0.3 is 12.1 Å². The first-order valence-corrected chi connectivity index (χ1v) is 11.5. The van der Waals surface area contributed by atoms with Gasteiger partial charge in [0.1, 0.15) is 17.2 Å². The average Bonchev–Trinajstić information content (AvgIpc) is 2.86. The SMILES string of the molecule is CN(C)CCNCc1nc(N2CCOCC2)c2nc(-c3ccc(F)cc3)ccc2n1.O=C(O)C(F)(F)F. The summed E-state index contributed by atoms with van der Waals surface area (Å²) in [4.78, 5) is 27.7. The van der Waals surface area contributed by atoms with Crippen molar-refractivity contribution in [2.24, 2.45) is 0 Å². The number of carboxylic acids is 1. The molecule has 0 unspecified atom stereocenters. The molecule has 13 heteroatoms. The Kier molecular flexibility index (Phi) is 9.66. The molecule has 0 atom stereocenters. The van der Waals surface area contributed by atoms with E-state index in [-0.39, 0.29) is 5.82 Å². The molecule has 0 saturated carbocycles. The maximum Gasteiger partial charge on any atom is 0.490 e. The van der Waals surface area contributed by atoms with Gasteiger partial charge in [-0.1, -0.05) is 0 Å². The second kappa shape index (κ2) is 12.7. The molecule has 1 saturated heterocycles. The first-order chi connectivity index (χ1) is 17.5. The number of hydrogen-bond donors (Lipinski definition) is 2. The summed E-state index contributed by atoms with van der Waals surface area (Å²) in [5, 5.41) is 10.5. The normalized spacial score (nSPS) is 14.0. The van der Waals surface area contributed by atoms with Crippen molar-refractivity contribution < 1.29 is 32.2 Å². The summed E-state index contributed by atoms with van der Waals surface area (Å²) < 4.78 is 50.6. The molecule has 0 bridgehead atoms. The van der Waals surface area contributed by atoms with Crippen LogP contribution in [0.3, 0.4) is 0 Å². The van der Waals surface area contributed by atoms with Crippen LogP contribution in [0.1, 0.15) is 5.82 Å². The molecule has 3 heterocycles. The van der Waals surface area contributed by atoms with Crippen LogP contribution < -0.4 is 10.2 Å². The number of rotatable bonds is 7. The zero-order chi connectivity index (χ0) is 27.0. The predicted octanol–water partition coefficient (Wildman–Crippen LogP) is 2.95. The van der Waals surface area contributed by atoms with Crippen LogP contribution in [0, 0.1) is 5.82 Å². The van der Waals surface area contributed by atoms with E-state index in [0.29, 0.717) is 19.8 Å². The number of halogens is 4. The number of aromatic nitrogens is 3. The summed E-state index contributed by atoms with van der Waals surface area (Å²) in [5.74, 6) is -1.44. The van der Waals surface area contributed by atoms with Gasteiger partial charge in [0.05, 0.1) is 31.0 Å². The van der Waals surface area contributed by atoms with Gasteiger partial charge in [-0.05, 0) is 50.5 Å². The van der Waals surface area contributed by atoms with E-state index in [0.717, 1.165) is 60.1 Å².